The Labute approximate surface area is 117 Å². The number of aromatic nitrogens is 2. The van der Waals surface area contributed by atoms with Gasteiger partial charge in [0.15, 0.2) is 0 Å². The van der Waals surface area contributed by atoms with Crippen molar-refractivity contribution >= 4 is 5.95 Å². The van der Waals surface area contributed by atoms with Gasteiger partial charge >= 0.3 is 0 Å². The van der Waals surface area contributed by atoms with E-state index in [1.165, 1.54) is 12.8 Å². The molecule has 0 aliphatic carbocycles. The topological polar surface area (TPSA) is 39.1 Å². The fraction of sp³-hybridized carbons (Fsp3) is 0.800. The molecule has 110 valence electrons. The number of hydrogen-bond acceptors (Lipinski definition) is 3. The summed E-state index contributed by atoms with van der Waals surface area (Å²) in [4.78, 5) is 4.54. The maximum Gasteiger partial charge on any atom is 0.203 e. The van der Waals surface area contributed by atoms with Crippen LogP contribution in [0.15, 0.2) is 6.20 Å². The molecule has 1 rings (SSSR count). The van der Waals surface area contributed by atoms with Crippen LogP contribution in [0.2, 0.25) is 0 Å². The van der Waals surface area contributed by atoms with E-state index in [2.05, 4.69) is 34.9 Å². The van der Waals surface area contributed by atoms with Gasteiger partial charge in [0.05, 0.1) is 5.69 Å². The van der Waals surface area contributed by atoms with Gasteiger partial charge in [-0.3, -0.25) is 0 Å². The van der Waals surface area contributed by atoms with Gasteiger partial charge < -0.3 is 14.6 Å². The first-order valence-electron chi connectivity index (χ1n) is 7.48. The minimum Gasteiger partial charge on any atom is -0.382 e. The van der Waals surface area contributed by atoms with E-state index in [1.54, 1.807) is 0 Å². The molecule has 0 atom stereocenters. The van der Waals surface area contributed by atoms with Gasteiger partial charge in [-0.2, -0.15) is 0 Å². The molecular weight excluding hydrogens is 238 g/mol. The number of ether oxygens (including phenoxy) is 1. The summed E-state index contributed by atoms with van der Waals surface area (Å²) in [5.41, 5.74) is 1.07. The molecule has 0 bridgehead atoms. The number of hydrogen-bond donors (Lipinski definition) is 1. The van der Waals surface area contributed by atoms with Crippen molar-refractivity contribution in [3.63, 3.8) is 0 Å². The largest absolute Gasteiger partial charge is 0.382 e. The standard InChI is InChI=1S/C15H29N3O/c1-5-19-11-7-10-18-12-14(4)17-15(18)16-9-6-8-13(2)3/h12-13H,5-11H2,1-4H3,(H,16,17). The summed E-state index contributed by atoms with van der Waals surface area (Å²) >= 11 is 0. The Morgan fingerprint density at radius 3 is 2.84 bits per heavy atom. The molecule has 19 heavy (non-hydrogen) atoms. The first-order chi connectivity index (χ1) is 9.13. The minimum atomic E-state index is 0.773. The fourth-order valence-corrected chi connectivity index (χ4v) is 2.05. The quantitative estimate of drug-likeness (QED) is 0.660. The summed E-state index contributed by atoms with van der Waals surface area (Å²) in [5, 5.41) is 3.44. The summed E-state index contributed by atoms with van der Waals surface area (Å²) in [6.45, 7) is 12.2. The van der Waals surface area contributed by atoms with Crippen molar-refractivity contribution in [2.45, 2.75) is 53.5 Å². The Hall–Kier alpha value is -1.03. The molecule has 0 saturated carbocycles. The second-order valence-corrected chi connectivity index (χ2v) is 5.41. The van der Waals surface area contributed by atoms with Crippen molar-refractivity contribution < 1.29 is 4.74 Å². The second-order valence-electron chi connectivity index (χ2n) is 5.41. The molecule has 4 nitrogen and oxygen atoms in total. The van der Waals surface area contributed by atoms with Gasteiger partial charge in [-0.1, -0.05) is 13.8 Å². The van der Waals surface area contributed by atoms with Crippen molar-refractivity contribution in [2.75, 3.05) is 25.1 Å². The van der Waals surface area contributed by atoms with Crippen LogP contribution >= 0.6 is 0 Å². The van der Waals surface area contributed by atoms with Crippen LogP contribution in [0, 0.1) is 12.8 Å². The average molecular weight is 267 g/mol. The molecule has 0 spiro atoms. The van der Waals surface area contributed by atoms with Crippen LogP contribution in [-0.4, -0.2) is 29.3 Å². The first-order valence-corrected chi connectivity index (χ1v) is 7.48. The third-order valence-electron chi connectivity index (χ3n) is 3.03. The molecule has 0 aromatic carbocycles. The zero-order valence-electron chi connectivity index (χ0n) is 12.9. The van der Waals surface area contributed by atoms with Crippen LogP contribution in [0.5, 0.6) is 0 Å². The van der Waals surface area contributed by atoms with E-state index in [4.69, 9.17) is 4.74 Å². The van der Waals surface area contributed by atoms with Gasteiger partial charge in [0, 0.05) is 32.5 Å². The van der Waals surface area contributed by atoms with Crippen LogP contribution < -0.4 is 5.32 Å². The maximum absolute atomic E-state index is 5.37. The predicted octanol–water partition coefficient (Wildman–Crippen LogP) is 3.47. The number of imidazole rings is 1. The van der Waals surface area contributed by atoms with Gasteiger partial charge in [0.1, 0.15) is 0 Å². The Bertz CT molecular complexity index is 347. The SMILES string of the molecule is CCOCCCn1cc(C)nc1NCCCC(C)C. The summed E-state index contributed by atoms with van der Waals surface area (Å²) in [7, 11) is 0. The smallest absolute Gasteiger partial charge is 0.203 e. The molecule has 0 unspecified atom stereocenters. The van der Waals surface area contributed by atoms with E-state index in [0.717, 1.165) is 50.3 Å². The Morgan fingerprint density at radius 1 is 1.37 bits per heavy atom. The van der Waals surface area contributed by atoms with Gasteiger partial charge in [-0.15, -0.1) is 0 Å². The molecule has 0 aliphatic heterocycles. The first kappa shape index (κ1) is 16.0. The minimum absolute atomic E-state index is 0.773. The lowest BCUT2D eigenvalue weighted by Gasteiger charge is -2.10. The molecule has 0 radical (unpaired) electrons. The van der Waals surface area contributed by atoms with E-state index in [9.17, 15) is 0 Å². The molecule has 1 aromatic rings. The summed E-state index contributed by atoms with van der Waals surface area (Å²) in [6.07, 6.45) is 5.60. The highest BCUT2D eigenvalue weighted by molar-refractivity contribution is 5.28. The van der Waals surface area contributed by atoms with E-state index >= 15 is 0 Å². The monoisotopic (exact) mass is 267 g/mol. The lowest BCUT2D eigenvalue weighted by molar-refractivity contribution is 0.142. The van der Waals surface area contributed by atoms with Crippen molar-refractivity contribution in [3.8, 4) is 0 Å². The molecule has 1 N–H and O–H groups in total. The Morgan fingerprint density at radius 2 is 2.16 bits per heavy atom. The van der Waals surface area contributed by atoms with E-state index in [0.29, 0.717) is 0 Å². The van der Waals surface area contributed by atoms with Crippen molar-refractivity contribution in [2.24, 2.45) is 5.92 Å². The third-order valence-corrected chi connectivity index (χ3v) is 3.03. The van der Waals surface area contributed by atoms with Gasteiger partial charge in [-0.05, 0) is 39.0 Å². The normalized spacial score (nSPS) is 11.2. The Balaban J connectivity index is 2.35. The third kappa shape index (κ3) is 6.62. The van der Waals surface area contributed by atoms with Gasteiger partial charge in [-0.25, -0.2) is 4.98 Å². The van der Waals surface area contributed by atoms with Crippen LogP contribution in [0.25, 0.3) is 0 Å². The van der Waals surface area contributed by atoms with Crippen molar-refractivity contribution in [1.29, 1.82) is 0 Å². The van der Waals surface area contributed by atoms with E-state index < -0.39 is 0 Å². The van der Waals surface area contributed by atoms with E-state index in [-0.39, 0.29) is 0 Å². The van der Waals surface area contributed by atoms with Crippen molar-refractivity contribution in [3.05, 3.63) is 11.9 Å². The highest BCUT2D eigenvalue weighted by Crippen LogP contribution is 2.10. The van der Waals surface area contributed by atoms with E-state index in [1.807, 2.05) is 13.8 Å². The van der Waals surface area contributed by atoms with Crippen LogP contribution in [0.3, 0.4) is 0 Å². The zero-order chi connectivity index (χ0) is 14.1. The molecular formula is C15H29N3O. The number of anilines is 1. The lowest BCUT2D eigenvalue weighted by Crippen LogP contribution is -2.10. The van der Waals surface area contributed by atoms with Crippen LogP contribution in [0.1, 0.15) is 45.7 Å². The van der Waals surface area contributed by atoms with Crippen LogP contribution in [0.4, 0.5) is 5.95 Å². The highest BCUT2D eigenvalue weighted by Gasteiger charge is 2.04. The Kier molecular flexibility index (Phi) is 7.56. The predicted molar refractivity (Wildman–Crippen MR) is 80.6 cm³/mol. The summed E-state index contributed by atoms with van der Waals surface area (Å²) in [6, 6.07) is 0. The second kappa shape index (κ2) is 8.97. The molecule has 0 amide bonds. The molecule has 1 aromatic heterocycles. The number of rotatable bonds is 10. The molecule has 1 heterocycles. The lowest BCUT2D eigenvalue weighted by atomic mass is 10.1. The molecule has 4 heteroatoms. The number of aryl methyl sites for hydroxylation is 2. The maximum atomic E-state index is 5.37. The molecule has 0 saturated heterocycles. The van der Waals surface area contributed by atoms with Gasteiger partial charge in [0.25, 0.3) is 0 Å². The molecule has 0 aliphatic rings. The number of nitrogens with zero attached hydrogens (tertiary/aromatic N) is 2. The highest BCUT2D eigenvalue weighted by atomic mass is 16.5. The summed E-state index contributed by atoms with van der Waals surface area (Å²) < 4.78 is 7.57. The van der Waals surface area contributed by atoms with Crippen molar-refractivity contribution in [1.82, 2.24) is 9.55 Å². The fourth-order valence-electron chi connectivity index (χ4n) is 2.05. The molecule has 0 fully saturated rings. The average Bonchev–Trinajstić information content (AvgIpc) is 2.71. The summed E-state index contributed by atoms with van der Waals surface area (Å²) in [5.74, 6) is 1.77. The number of nitrogens with one attached hydrogen (secondary N) is 1. The van der Waals surface area contributed by atoms with Crippen LogP contribution in [-0.2, 0) is 11.3 Å². The zero-order valence-corrected chi connectivity index (χ0v) is 12.9. The van der Waals surface area contributed by atoms with Gasteiger partial charge in [0.2, 0.25) is 5.95 Å².